The van der Waals surface area contributed by atoms with E-state index in [1.807, 2.05) is 16.7 Å². The van der Waals surface area contributed by atoms with Crippen molar-refractivity contribution < 1.29 is 14.7 Å². The number of amides is 1. The summed E-state index contributed by atoms with van der Waals surface area (Å²) in [6, 6.07) is 0. The summed E-state index contributed by atoms with van der Waals surface area (Å²) in [4.78, 5) is 24.4. The van der Waals surface area contributed by atoms with Crippen LogP contribution in [0, 0.1) is 11.8 Å². The van der Waals surface area contributed by atoms with Crippen molar-refractivity contribution in [2.75, 3.05) is 18.8 Å². The molecule has 1 aliphatic carbocycles. The van der Waals surface area contributed by atoms with E-state index in [2.05, 4.69) is 6.92 Å². The molecule has 15 heavy (non-hydrogen) atoms. The van der Waals surface area contributed by atoms with Gasteiger partial charge in [-0.05, 0) is 6.42 Å². The minimum Gasteiger partial charge on any atom is -0.481 e. The Hall–Kier alpha value is -0.710. The molecular formula is C10H15NO3S. The molecule has 1 aliphatic heterocycles. The van der Waals surface area contributed by atoms with Crippen LogP contribution in [0.4, 0.5) is 0 Å². The second kappa shape index (κ2) is 4.04. The number of hydrogen-bond acceptors (Lipinski definition) is 3. The highest BCUT2D eigenvalue weighted by atomic mass is 32.2. The van der Waals surface area contributed by atoms with Gasteiger partial charge < -0.3 is 10.0 Å². The highest BCUT2D eigenvalue weighted by Crippen LogP contribution is 2.40. The number of carboxylic acids is 1. The fourth-order valence-corrected chi connectivity index (χ4v) is 3.01. The Morgan fingerprint density at radius 1 is 1.40 bits per heavy atom. The molecule has 0 aromatic carbocycles. The Morgan fingerprint density at radius 3 is 2.67 bits per heavy atom. The van der Waals surface area contributed by atoms with Crippen molar-refractivity contribution in [1.82, 2.24) is 4.90 Å². The monoisotopic (exact) mass is 229 g/mol. The molecule has 0 aromatic heterocycles. The predicted octanol–water partition coefficient (Wildman–Crippen LogP) is 0.671. The molecule has 3 atom stereocenters. The van der Waals surface area contributed by atoms with Gasteiger partial charge in [0.15, 0.2) is 0 Å². The summed E-state index contributed by atoms with van der Waals surface area (Å²) >= 11 is 1.87. The van der Waals surface area contributed by atoms with Crippen LogP contribution in [0.15, 0.2) is 0 Å². The van der Waals surface area contributed by atoms with Crippen LogP contribution in [-0.2, 0) is 9.59 Å². The van der Waals surface area contributed by atoms with E-state index in [1.54, 1.807) is 0 Å². The molecule has 1 heterocycles. The van der Waals surface area contributed by atoms with Gasteiger partial charge in [-0.1, -0.05) is 6.92 Å². The number of carboxylic acid groups (broad SMARTS) is 1. The molecule has 4 nitrogen and oxygen atoms in total. The zero-order valence-electron chi connectivity index (χ0n) is 8.68. The molecule has 1 N–H and O–H groups in total. The van der Waals surface area contributed by atoms with Gasteiger partial charge in [0.05, 0.1) is 11.8 Å². The van der Waals surface area contributed by atoms with Crippen molar-refractivity contribution in [1.29, 1.82) is 0 Å². The summed E-state index contributed by atoms with van der Waals surface area (Å²) in [5, 5.41) is 9.22. The second-order valence-corrected chi connectivity index (χ2v) is 5.80. The van der Waals surface area contributed by atoms with Crippen molar-refractivity contribution in [3.05, 3.63) is 0 Å². The summed E-state index contributed by atoms with van der Waals surface area (Å²) in [6.45, 7) is 3.65. The van der Waals surface area contributed by atoms with Crippen LogP contribution in [0.3, 0.4) is 0 Å². The molecule has 0 bridgehead atoms. The molecule has 1 saturated heterocycles. The summed E-state index contributed by atoms with van der Waals surface area (Å²) in [6.07, 6.45) is 0.534. The number of nitrogens with zero attached hydrogens (tertiary/aromatic N) is 1. The Morgan fingerprint density at radius 2 is 2.13 bits per heavy atom. The van der Waals surface area contributed by atoms with Crippen LogP contribution in [0.1, 0.15) is 13.3 Å². The molecule has 0 radical (unpaired) electrons. The number of thioether (sulfide) groups is 1. The first-order chi connectivity index (χ1) is 7.09. The summed E-state index contributed by atoms with van der Waals surface area (Å²) in [5.74, 6) is -0.459. The van der Waals surface area contributed by atoms with Gasteiger partial charge in [-0.25, -0.2) is 0 Å². The average molecular weight is 229 g/mol. The van der Waals surface area contributed by atoms with Gasteiger partial charge in [0.25, 0.3) is 0 Å². The third-order valence-corrected chi connectivity index (χ3v) is 4.11. The van der Waals surface area contributed by atoms with E-state index >= 15 is 0 Å². The van der Waals surface area contributed by atoms with Crippen LogP contribution in [0.5, 0.6) is 0 Å². The summed E-state index contributed by atoms with van der Waals surface area (Å²) in [5.41, 5.74) is 0. The Kier molecular flexibility index (Phi) is 2.91. The molecule has 5 heteroatoms. The number of carbonyl (C=O) groups is 2. The Labute approximate surface area is 93.0 Å². The van der Waals surface area contributed by atoms with E-state index in [4.69, 9.17) is 5.11 Å². The molecule has 0 spiro atoms. The first-order valence-electron chi connectivity index (χ1n) is 5.23. The van der Waals surface area contributed by atoms with Crippen molar-refractivity contribution in [2.45, 2.75) is 18.6 Å². The van der Waals surface area contributed by atoms with Gasteiger partial charge in [0, 0.05) is 24.1 Å². The van der Waals surface area contributed by atoms with E-state index in [1.165, 1.54) is 0 Å². The quantitative estimate of drug-likeness (QED) is 0.756. The largest absolute Gasteiger partial charge is 0.481 e. The molecule has 2 rings (SSSR count). The van der Waals surface area contributed by atoms with Crippen LogP contribution in [0.2, 0.25) is 0 Å². The molecule has 2 aliphatic rings. The second-order valence-electron chi connectivity index (χ2n) is 4.25. The maximum Gasteiger partial charge on any atom is 0.307 e. The molecule has 1 amide bonds. The van der Waals surface area contributed by atoms with Gasteiger partial charge in [-0.3, -0.25) is 9.59 Å². The Balaban J connectivity index is 1.89. The van der Waals surface area contributed by atoms with Crippen LogP contribution in [0.25, 0.3) is 0 Å². The van der Waals surface area contributed by atoms with Gasteiger partial charge in [0.1, 0.15) is 0 Å². The van der Waals surface area contributed by atoms with Gasteiger partial charge in [-0.15, -0.1) is 0 Å². The van der Waals surface area contributed by atoms with Gasteiger partial charge in [-0.2, -0.15) is 11.8 Å². The highest BCUT2D eigenvalue weighted by molar-refractivity contribution is 7.99. The van der Waals surface area contributed by atoms with Crippen LogP contribution in [-0.4, -0.2) is 46.0 Å². The van der Waals surface area contributed by atoms with Crippen molar-refractivity contribution in [3.8, 4) is 0 Å². The lowest BCUT2D eigenvalue weighted by Gasteiger charge is -2.30. The fourth-order valence-electron chi connectivity index (χ4n) is 1.99. The topological polar surface area (TPSA) is 57.6 Å². The number of aliphatic carboxylic acids is 1. The minimum absolute atomic E-state index is 0.0505. The molecule has 3 unspecified atom stereocenters. The number of rotatable bonds is 2. The number of carbonyl (C=O) groups excluding carboxylic acids is 1. The molecule has 0 aromatic rings. The van der Waals surface area contributed by atoms with Crippen molar-refractivity contribution >= 4 is 23.6 Å². The molecule has 84 valence electrons. The lowest BCUT2D eigenvalue weighted by atomic mass is 10.2. The normalized spacial score (nSPS) is 35.0. The highest BCUT2D eigenvalue weighted by Gasteiger charge is 2.50. The van der Waals surface area contributed by atoms with Crippen molar-refractivity contribution in [2.24, 2.45) is 11.8 Å². The third kappa shape index (κ3) is 2.27. The first kappa shape index (κ1) is 10.8. The third-order valence-electron chi connectivity index (χ3n) is 2.98. The van der Waals surface area contributed by atoms with E-state index in [9.17, 15) is 9.59 Å². The van der Waals surface area contributed by atoms with Crippen molar-refractivity contribution in [3.63, 3.8) is 0 Å². The SMILES string of the molecule is CC1CN(C(=O)C2CC2C(=O)O)CCS1. The molecular weight excluding hydrogens is 214 g/mol. The van der Waals surface area contributed by atoms with Gasteiger partial charge >= 0.3 is 5.97 Å². The van der Waals surface area contributed by atoms with Crippen LogP contribution < -0.4 is 0 Å². The number of hydrogen-bond donors (Lipinski definition) is 1. The molecule has 1 saturated carbocycles. The van der Waals surface area contributed by atoms with E-state index in [0.717, 1.165) is 18.8 Å². The summed E-state index contributed by atoms with van der Waals surface area (Å²) in [7, 11) is 0. The molecule has 2 fully saturated rings. The maximum atomic E-state index is 11.9. The standard InChI is InChI=1S/C10H15NO3S/c1-6-5-11(2-3-15-6)9(12)7-4-8(7)10(13)14/h6-8H,2-5H2,1H3,(H,13,14). The lowest BCUT2D eigenvalue weighted by Crippen LogP contribution is -2.42. The van der Waals surface area contributed by atoms with Gasteiger partial charge in [0.2, 0.25) is 5.91 Å². The van der Waals surface area contributed by atoms with Crippen LogP contribution >= 0.6 is 11.8 Å². The van der Waals surface area contributed by atoms with E-state index in [0.29, 0.717) is 11.7 Å². The predicted molar refractivity (Wildman–Crippen MR) is 57.7 cm³/mol. The van der Waals surface area contributed by atoms with E-state index in [-0.39, 0.29) is 11.8 Å². The summed E-state index contributed by atoms with van der Waals surface area (Å²) < 4.78 is 0. The minimum atomic E-state index is -0.826. The fraction of sp³-hybridized carbons (Fsp3) is 0.800. The smallest absolute Gasteiger partial charge is 0.307 e. The zero-order valence-corrected chi connectivity index (χ0v) is 9.50. The maximum absolute atomic E-state index is 11.9. The zero-order chi connectivity index (χ0) is 11.0. The van der Waals surface area contributed by atoms with E-state index < -0.39 is 11.9 Å². The first-order valence-corrected chi connectivity index (χ1v) is 6.27. The Bertz CT molecular complexity index is 294. The lowest BCUT2D eigenvalue weighted by molar-refractivity contribution is -0.141. The average Bonchev–Trinajstić information content (AvgIpc) is 2.96.